The van der Waals surface area contributed by atoms with Crippen LogP contribution in [0.1, 0.15) is 5.56 Å². The molecule has 2 rings (SSSR count). The number of hydrogen-bond donors (Lipinski definition) is 1. The second-order valence-corrected chi connectivity index (χ2v) is 3.27. The molecule has 2 aromatic rings. The van der Waals surface area contributed by atoms with Gasteiger partial charge in [-0.1, -0.05) is 30.3 Å². The molecule has 2 N–H and O–H groups in total. The number of nitrogen functional groups attached to an aromatic ring is 1. The first-order valence-corrected chi connectivity index (χ1v) is 4.61. The molecule has 0 spiro atoms. The molecule has 4 nitrogen and oxygen atoms in total. The van der Waals surface area contributed by atoms with Gasteiger partial charge in [-0.25, -0.2) is 4.98 Å². The molecule has 1 heterocycles. The van der Waals surface area contributed by atoms with Crippen LogP contribution in [0, 0.1) is 0 Å². The monoisotopic (exact) mass is 201 g/mol. The first-order valence-electron chi connectivity index (χ1n) is 4.61. The van der Waals surface area contributed by atoms with Crippen LogP contribution in [0.4, 0.5) is 5.82 Å². The van der Waals surface area contributed by atoms with Crippen molar-refractivity contribution in [3.05, 3.63) is 58.6 Å². The standard InChI is InChI=1S/C11H11N3O/c12-10-6-11(15)14(8-13-10)7-9-4-2-1-3-5-9/h1-6,8H,7,12H2. The van der Waals surface area contributed by atoms with Gasteiger partial charge in [-0.3, -0.25) is 9.36 Å². The van der Waals surface area contributed by atoms with Crippen LogP contribution in [-0.2, 0) is 6.54 Å². The van der Waals surface area contributed by atoms with Crippen molar-refractivity contribution < 1.29 is 0 Å². The summed E-state index contributed by atoms with van der Waals surface area (Å²) in [6.45, 7) is 0.521. The zero-order chi connectivity index (χ0) is 10.7. The van der Waals surface area contributed by atoms with Gasteiger partial charge in [0.25, 0.3) is 5.56 Å². The van der Waals surface area contributed by atoms with Crippen LogP contribution in [0.5, 0.6) is 0 Å². The van der Waals surface area contributed by atoms with Gasteiger partial charge >= 0.3 is 0 Å². The molecule has 15 heavy (non-hydrogen) atoms. The quantitative estimate of drug-likeness (QED) is 0.784. The summed E-state index contributed by atoms with van der Waals surface area (Å²) in [6, 6.07) is 11.1. The molecule has 0 saturated heterocycles. The SMILES string of the molecule is Nc1cc(=O)n(Cc2ccccc2)cn1. The fourth-order valence-electron chi connectivity index (χ4n) is 1.34. The number of nitrogens with two attached hydrogens (primary N) is 1. The molecule has 0 bridgehead atoms. The van der Waals surface area contributed by atoms with Crippen LogP contribution in [0.25, 0.3) is 0 Å². The maximum absolute atomic E-state index is 11.5. The van der Waals surface area contributed by atoms with E-state index in [0.717, 1.165) is 5.56 Å². The number of anilines is 1. The van der Waals surface area contributed by atoms with Crippen molar-refractivity contribution in [1.82, 2.24) is 9.55 Å². The van der Waals surface area contributed by atoms with Crippen LogP contribution < -0.4 is 11.3 Å². The maximum Gasteiger partial charge on any atom is 0.255 e. The maximum atomic E-state index is 11.5. The predicted octanol–water partition coefficient (Wildman–Crippen LogP) is 0.874. The Morgan fingerprint density at radius 2 is 2.00 bits per heavy atom. The third-order valence-corrected chi connectivity index (χ3v) is 2.10. The van der Waals surface area contributed by atoms with Gasteiger partial charge in [0.1, 0.15) is 12.1 Å². The fourth-order valence-corrected chi connectivity index (χ4v) is 1.34. The van der Waals surface area contributed by atoms with Crippen molar-refractivity contribution in [2.24, 2.45) is 0 Å². The first kappa shape index (κ1) is 9.45. The molecule has 0 fully saturated rings. The normalized spacial score (nSPS) is 10.1. The van der Waals surface area contributed by atoms with Gasteiger partial charge in [-0.2, -0.15) is 0 Å². The summed E-state index contributed by atoms with van der Waals surface area (Å²) in [4.78, 5) is 15.4. The molecule has 0 amide bonds. The van der Waals surface area contributed by atoms with E-state index in [9.17, 15) is 4.79 Å². The van der Waals surface area contributed by atoms with Gasteiger partial charge in [0.2, 0.25) is 0 Å². The van der Waals surface area contributed by atoms with E-state index in [2.05, 4.69) is 4.98 Å². The Labute approximate surface area is 87.0 Å². The van der Waals surface area contributed by atoms with E-state index in [1.165, 1.54) is 17.0 Å². The Morgan fingerprint density at radius 3 is 2.67 bits per heavy atom. The largest absolute Gasteiger partial charge is 0.383 e. The lowest BCUT2D eigenvalue weighted by molar-refractivity contribution is 0.738. The molecule has 0 saturated carbocycles. The summed E-state index contributed by atoms with van der Waals surface area (Å²) in [7, 11) is 0. The van der Waals surface area contributed by atoms with Gasteiger partial charge in [0.05, 0.1) is 6.54 Å². The summed E-state index contributed by atoms with van der Waals surface area (Å²) in [5.74, 6) is 0.254. The third-order valence-electron chi connectivity index (χ3n) is 2.10. The molecule has 1 aromatic carbocycles. The van der Waals surface area contributed by atoms with Gasteiger partial charge in [0.15, 0.2) is 0 Å². The van der Waals surface area contributed by atoms with E-state index in [1.807, 2.05) is 30.3 Å². The van der Waals surface area contributed by atoms with Gasteiger partial charge in [0, 0.05) is 6.07 Å². The van der Waals surface area contributed by atoms with Crippen LogP contribution in [0.15, 0.2) is 47.5 Å². The lowest BCUT2D eigenvalue weighted by atomic mass is 10.2. The van der Waals surface area contributed by atoms with E-state index >= 15 is 0 Å². The zero-order valence-electron chi connectivity index (χ0n) is 8.13. The Kier molecular flexibility index (Phi) is 2.49. The molecule has 0 atom stereocenters. The van der Waals surface area contributed by atoms with Crippen LogP contribution in [0.3, 0.4) is 0 Å². The van der Waals surface area contributed by atoms with Gasteiger partial charge in [-0.05, 0) is 5.56 Å². The smallest absolute Gasteiger partial charge is 0.255 e. The predicted molar refractivity (Wildman–Crippen MR) is 58.5 cm³/mol. The zero-order valence-corrected chi connectivity index (χ0v) is 8.13. The highest BCUT2D eigenvalue weighted by Gasteiger charge is 1.98. The molecule has 0 radical (unpaired) electrons. The summed E-state index contributed by atoms with van der Waals surface area (Å²) >= 11 is 0. The highest BCUT2D eigenvalue weighted by Crippen LogP contribution is 2.00. The molecule has 0 aliphatic heterocycles. The van der Waals surface area contributed by atoms with Gasteiger partial charge < -0.3 is 5.73 Å². The summed E-state index contributed by atoms with van der Waals surface area (Å²) in [5, 5.41) is 0. The lowest BCUT2D eigenvalue weighted by Crippen LogP contribution is -2.20. The van der Waals surface area contributed by atoms with Crippen molar-refractivity contribution in [1.29, 1.82) is 0 Å². The van der Waals surface area contributed by atoms with Crippen LogP contribution in [-0.4, -0.2) is 9.55 Å². The second kappa shape index (κ2) is 3.96. The molecule has 0 unspecified atom stereocenters. The van der Waals surface area contributed by atoms with E-state index in [0.29, 0.717) is 6.54 Å². The number of nitrogens with zero attached hydrogens (tertiary/aromatic N) is 2. The Bertz CT molecular complexity index is 505. The average Bonchev–Trinajstić information content (AvgIpc) is 2.24. The Balaban J connectivity index is 2.29. The van der Waals surface area contributed by atoms with Crippen LogP contribution >= 0.6 is 0 Å². The molecular weight excluding hydrogens is 190 g/mol. The molecule has 0 aliphatic rings. The minimum Gasteiger partial charge on any atom is -0.383 e. The minimum absolute atomic E-state index is 0.133. The van der Waals surface area contributed by atoms with Crippen molar-refractivity contribution in [2.75, 3.05) is 5.73 Å². The molecular formula is C11H11N3O. The van der Waals surface area contributed by atoms with Crippen LogP contribution in [0.2, 0.25) is 0 Å². The van der Waals surface area contributed by atoms with Crippen molar-refractivity contribution in [3.63, 3.8) is 0 Å². The number of rotatable bonds is 2. The second-order valence-electron chi connectivity index (χ2n) is 3.27. The van der Waals surface area contributed by atoms with Crippen molar-refractivity contribution in [2.45, 2.75) is 6.54 Å². The first-order chi connectivity index (χ1) is 7.25. The Hall–Kier alpha value is -2.10. The van der Waals surface area contributed by atoms with E-state index in [-0.39, 0.29) is 11.4 Å². The molecule has 0 aliphatic carbocycles. The number of benzene rings is 1. The van der Waals surface area contributed by atoms with Gasteiger partial charge in [-0.15, -0.1) is 0 Å². The summed E-state index contributed by atoms with van der Waals surface area (Å²) in [6.07, 6.45) is 1.46. The number of hydrogen-bond acceptors (Lipinski definition) is 3. The summed E-state index contributed by atoms with van der Waals surface area (Å²) in [5.41, 5.74) is 6.32. The van der Waals surface area contributed by atoms with Crippen molar-refractivity contribution >= 4 is 5.82 Å². The molecule has 4 heteroatoms. The highest BCUT2D eigenvalue weighted by molar-refractivity contribution is 5.24. The Morgan fingerprint density at radius 1 is 1.27 bits per heavy atom. The third kappa shape index (κ3) is 2.22. The average molecular weight is 201 g/mol. The fraction of sp³-hybridized carbons (Fsp3) is 0.0909. The topological polar surface area (TPSA) is 60.9 Å². The minimum atomic E-state index is -0.133. The van der Waals surface area contributed by atoms with E-state index < -0.39 is 0 Å². The highest BCUT2D eigenvalue weighted by atomic mass is 16.1. The van der Waals surface area contributed by atoms with E-state index in [1.54, 1.807) is 0 Å². The molecule has 76 valence electrons. The number of aromatic nitrogens is 2. The van der Waals surface area contributed by atoms with Crippen molar-refractivity contribution in [3.8, 4) is 0 Å². The molecule has 1 aromatic heterocycles. The lowest BCUT2D eigenvalue weighted by Gasteiger charge is -2.04. The van der Waals surface area contributed by atoms with E-state index in [4.69, 9.17) is 5.73 Å². The summed E-state index contributed by atoms with van der Waals surface area (Å²) < 4.78 is 1.52.